The monoisotopic (exact) mass is 234 g/mol. The van der Waals surface area contributed by atoms with Crippen molar-refractivity contribution >= 4 is 5.97 Å². The van der Waals surface area contributed by atoms with Gasteiger partial charge in [0.2, 0.25) is 0 Å². The maximum absolute atomic E-state index is 11.7. The molecule has 3 heteroatoms. The Balaban J connectivity index is 2.59. The van der Waals surface area contributed by atoms with Gasteiger partial charge in [0.15, 0.2) is 0 Å². The van der Waals surface area contributed by atoms with E-state index >= 15 is 0 Å². The van der Waals surface area contributed by atoms with Crippen LogP contribution in [0.15, 0.2) is 41.5 Å². The highest BCUT2D eigenvalue weighted by Gasteiger charge is 2.10. The lowest BCUT2D eigenvalue weighted by molar-refractivity contribution is -0.140. The van der Waals surface area contributed by atoms with Crippen molar-refractivity contribution in [2.75, 3.05) is 6.61 Å². The molecule has 1 rings (SSSR count). The molecule has 0 amide bonds. The van der Waals surface area contributed by atoms with Crippen LogP contribution in [0.3, 0.4) is 0 Å². The summed E-state index contributed by atoms with van der Waals surface area (Å²) >= 11 is 0. The van der Waals surface area contributed by atoms with Gasteiger partial charge in [-0.2, -0.15) is 0 Å². The molecule has 92 valence electrons. The summed E-state index contributed by atoms with van der Waals surface area (Å²) in [5.41, 5.74) is 2.18. The molecule has 0 saturated heterocycles. The zero-order valence-corrected chi connectivity index (χ0v) is 10.3. The summed E-state index contributed by atoms with van der Waals surface area (Å²) in [7, 11) is 0. The molecule has 1 N–H and O–H groups in total. The third-order valence-electron chi connectivity index (χ3n) is 2.67. The molecule has 0 unspecified atom stereocenters. The van der Waals surface area contributed by atoms with E-state index in [0.29, 0.717) is 12.0 Å². The lowest BCUT2D eigenvalue weighted by Gasteiger charge is -2.08. The summed E-state index contributed by atoms with van der Waals surface area (Å²) in [5, 5.41) is 9.06. The van der Waals surface area contributed by atoms with Crippen molar-refractivity contribution in [1.29, 1.82) is 0 Å². The first-order valence-electron chi connectivity index (χ1n) is 5.69. The Kier molecular flexibility index (Phi) is 5.43. The van der Waals surface area contributed by atoms with Crippen LogP contribution in [-0.4, -0.2) is 17.7 Å². The van der Waals surface area contributed by atoms with E-state index in [2.05, 4.69) is 0 Å². The molecule has 0 aliphatic heterocycles. The van der Waals surface area contributed by atoms with Gasteiger partial charge in [0.1, 0.15) is 6.61 Å². The highest BCUT2D eigenvalue weighted by atomic mass is 16.5. The number of esters is 1. The summed E-state index contributed by atoms with van der Waals surface area (Å²) < 4.78 is 5.17. The van der Waals surface area contributed by atoms with Crippen molar-refractivity contribution in [1.82, 2.24) is 0 Å². The highest BCUT2D eigenvalue weighted by molar-refractivity contribution is 5.88. The number of benzene rings is 1. The van der Waals surface area contributed by atoms with Crippen molar-refractivity contribution in [2.45, 2.75) is 26.9 Å². The van der Waals surface area contributed by atoms with Crippen LogP contribution in [0.1, 0.15) is 25.8 Å². The summed E-state index contributed by atoms with van der Waals surface area (Å²) in [5.74, 6) is -0.361. The summed E-state index contributed by atoms with van der Waals surface area (Å²) in [6.07, 6.45) is 0.656. The van der Waals surface area contributed by atoms with Crippen molar-refractivity contribution in [3.05, 3.63) is 47.0 Å². The predicted molar refractivity (Wildman–Crippen MR) is 66.3 cm³/mol. The van der Waals surface area contributed by atoms with Gasteiger partial charge in [-0.15, -0.1) is 0 Å². The molecule has 0 spiro atoms. The zero-order chi connectivity index (χ0) is 12.7. The van der Waals surface area contributed by atoms with Crippen LogP contribution in [0.25, 0.3) is 0 Å². The Morgan fingerprint density at radius 2 is 1.94 bits per heavy atom. The number of ether oxygens (including phenoxy) is 1. The van der Waals surface area contributed by atoms with Gasteiger partial charge in [-0.25, -0.2) is 4.79 Å². The van der Waals surface area contributed by atoms with Crippen molar-refractivity contribution in [3.8, 4) is 0 Å². The third kappa shape index (κ3) is 4.04. The number of hydrogen-bond donors (Lipinski definition) is 1. The molecule has 0 aliphatic rings. The summed E-state index contributed by atoms with van der Waals surface area (Å²) in [6, 6.07) is 9.52. The second kappa shape index (κ2) is 6.86. The van der Waals surface area contributed by atoms with Crippen LogP contribution in [0.5, 0.6) is 0 Å². The molecular formula is C14H18O3. The molecule has 1 aromatic rings. The zero-order valence-electron chi connectivity index (χ0n) is 10.3. The molecule has 0 bridgehead atoms. The van der Waals surface area contributed by atoms with Crippen molar-refractivity contribution < 1.29 is 14.6 Å². The number of hydrogen-bond acceptors (Lipinski definition) is 3. The van der Waals surface area contributed by atoms with Crippen LogP contribution in [0.4, 0.5) is 0 Å². The van der Waals surface area contributed by atoms with Gasteiger partial charge in [-0.05, 0) is 24.5 Å². The Labute approximate surface area is 102 Å². The lowest BCUT2D eigenvalue weighted by Crippen LogP contribution is -2.09. The van der Waals surface area contributed by atoms with E-state index in [0.717, 1.165) is 11.1 Å². The first-order valence-corrected chi connectivity index (χ1v) is 5.69. The first-order chi connectivity index (χ1) is 8.19. The number of rotatable bonds is 5. The Morgan fingerprint density at radius 1 is 1.29 bits per heavy atom. The normalized spacial score (nSPS) is 11.9. The molecular weight excluding hydrogens is 216 g/mol. The number of aliphatic hydroxyl groups excluding tert-OH is 1. The largest absolute Gasteiger partial charge is 0.457 e. The Morgan fingerprint density at radius 3 is 2.47 bits per heavy atom. The number of aliphatic hydroxyl groups is 1. The van der Waals surface area contributed by atoms with Crippen LogP contribution in [-0.2, 0) is 16.1 Å². The van der Waals surface area contributed by atoms with Gasteiger partial charge in [-0.1, -0.05) is 37.3 Å². The van der Waals surface area contributed by atoms with Gasteiger partial charge >= 0.3 is 5.97 Å². The Bertz CT molecular complexity index is 387. The fraction of sp³-hybridized carbons (Fsp3) is 0.357. The second-order valence-electron chi connectivity index (χ2n) is 3.80. The topological polar surface area (TPSA) is 46.5 Å². The SMILES string of the molecule is CCC(CO)=C(C)C(=O)OCc1ccccc1. The minimum absolute atomic E-state index is 0.0945. The average Bonchev–Trinajstić information content (AvgIpc) is 2.38. The van der Waals surface area contributed by atoms with Crippen LogP contribution < -0.4 is 0 Å². The minimum Gasteiger partial charge on any atom is -0.457 e. The molecule has 17 heavy (non-hydrogen) atoms. The van der Waals surface area contributed by atoms with E-state index in [1.165, 1.54) is 0 Å². The molecule has 0 aromatic heterocycles. The van der Waals surface area contributed by atoms with E-state index in [1.54, 1.807) is 6.92 Å². The number of carbonyl (C=O) groups excluding carboxylic acids is 1. The highest BCUT2D eigenvalue weighted by Crippen LogP contribution is 2.10. The van der Waals surface area contributed by atoms with E-state index in [9.17, 15) is 4.79 Å². The van der Waals surface area contributed by atoms with Crippen molar-refractivity contribution in [2.24, 2.45) is 0 Å². The Hall–Kier alpha value is -1.61. The van der Waals surface area contributed by atoms with Gasteiger partial charge in [0.05, 0.1) is 6.61 Å². The molecule has 1 aromatic carbocycles. The second-order valence-corrected chi connectivity index (χ2v) is 3.80. The molecule has 0 radical (unpaired) electrons. The van der Waals surface area contributed by atoms with E-state index in [1.807, 2.05) is 37.3 Å². The fourth-order valence-corrected chi connectivity index (χ4v) is 1.47. The smallest absolute Gasteiger partial charge is 0.334 e. The molecule has 3 nitrogen and oxygen atoms in total. The fourth-order valence-electron chi connectivity index (χ4n) is 1.47. The van der Waals surface area contributed by atoms with Crippen LogP contribution >= 0.6 is 0 Å². The van der Waals surface area contributed by atoms with E-state index < -0.39 is 0 Å². The maximum Gasteiger partial charge on any atom is 0.334 e. The predicted octanol–water partition coefficient (Wildman–Crippen LogP) is 2.45. The van der Waals surface area contributed by atoms with E-state index in [4.69, 9.17) is 9.84 Å². The lowest BCUT2D eigenvalue weighted by atomic mass is 10.1. The minimum atomic E-state index is -0.361. The quantitative estimate of drug-likeness (QED) is 0.628. The molecule has 0 aliphatic carbocycles. The number of carbonyl (C=O) groups is 1. The van der Waals surface area contributed by atoms with Crippen LogP contribution in [0, 0.1) is 0 Å². The van der Waals surface area contributed by atoms with Crippen molar-refractivity contribution in [3.63, 3.8) is 0 Å². The summed E-state index contributed by atoms with van der Waals surface area (Å²) in [4.78, 5) is 11.7. The van der Waals surface area contributed by atoms with Gasteiger partial charge < -0.3 is 9.84 Å². The molecule has 0 saturated carbocycles. The van der Waals surface area contributed by atoms with Gasteiger partial charge in [0, 0.05) is 5.57 Å². The maximum atomic E-state index is 11.7. The van der Waals surface area contributed by atoms with Gasteiger partial charge in [0.25, 0.3) is 0 Å². The standard InChI is InChI=1S/C14H18O3/c1-3-13(9-15)11(2)14(16)17-10-12-7-5-4-6-8-12/h4-8,15H,3,9-10H2,1-2H3. The molecule has 0 fully saturated rings. The first kappa shape index (κ1) is 13.5. The van der Waals surface area contributed by atoms with Gasteiger partial charge in [-0.3, -0.25) is 0 Å². The third-order valence-corrected chi connectivity index (χ3v) is 2.67. The average molecular weight is 234 g/mol. The van der Waals surface area contributed by atoms with E-state index in [-0.39, 0.29) is 19.2 Å². The molecule has 0 heterocycles. The molecule has 0 atom stereocenters. The van der Waals surface area contributed by atoms with Crippen LogP contribution in [0.2, 0.25) is 0 Å². The summed E-state index contributed by atoms with van der Waals surface area (Å²) in [6.45, 7) is 3.75.